The second-order valence-electron chi connectivity index (χ2n) is 9.23. The average Bonchev–Trinajstić information content (AvgIpc) is 3.18. The van der Waals surface area contributed by atoms with Gasteiger partial charge in [0.15, 0.2) is 0 Å². The second kappa shape index (κ2) is 9.23. The molecule has 4 N–H and O–H groups in total. The molecular weight excluding hydrogens is 422 g/mol. The number of hydrogen-bond acceptors (Lipinski definition) is 5. The minimum atomic E-state index is -0.132. The fourth-order valence-corrected chi connectivity index (χ4v) is 4.86. The molecule has 0 saturated carbocycles. The molecule has 3 aromatic carbocycles. The molecule has 1 saturated heterocycles. The highest BCUT2D eigenvalue weighted by atomic mass is 16.2. The van der Waals surface area contributed by atoms with Crippen LogP contribution in [0.4, 0.5) is 22.7 Å². The molecule has 0 spiro atoms. The summed E-state index contributed by atoms with van der Waals surface area (Å²) >= 11 is 0. The van der Waals surface area contributed by atoms with Crippen LogP contribution in [0.3, 0.4) is 0 Å². The third kappa shape index (κ3) is 4.37. The van der Waals surface area contributed by atoms with Crippen LogP contribution in [0, 0.1) is 0 Å². The van der Waals surface area contributed by atoms with Crippen LogP contribution in [0.25, 0.3) is 11.3 Å². The van der Waals surface area contributed by atoms with Crippen LogP contribution in [0.1, 0.15) is 24.0 Å². The van der Waals surface area contributed by atoms with Gasteiger partial charge in [0.05, 0.1) is 17.0 Å². The smallest absolute Gasteiger partial charge is 0.258 e. The van der Waals surface area contributed by atoms with Gasteiger partial charge in [-0.3, -0.25) is 4.79 Å². The van der Waals surface area contributed by atoms with Gasteiger partial charge in [-0.15, -0.1) is 0 Å². The fraction of sp³-hybridized carbons (Fsp3) is 0.250. The zero-order valence-electron chi connectivity index (χ0n) is 19.7. The van der Waals surface area contributed by atoms with Gasteiger partial charge < -0.3 is 26.2 Å². The van der Waals surface area contributed by atoms with Crippen molar-refractivity contribution in [2.45, 2.75) is 18.9 Å². The van der Waals surface area contributed by atoms with Crippen molar-refractivity contribution in [3.05, 3.63) is 83.9 Å². The quantitative estimate of drug-likeness (QED) is 0.385. The SMILES string of the molecule is CN(C)C1CCN(c2ccc(N/C(=C3\C(=O)Nc4cc(N)ccc43)c3ccccc3)cc2)CC1. The van der Waals surface area contributed by atoms with Crippen LogP contribution in [0.15, 0.2) is 72.8 Å². The number of rotatable bonds is 5. The molecule has 6 nitrogen and oxygen atoms in total. The topological polar surface area (TPSA) is 73.6 Å². The van der Waals surface area contributed by atoms with Crippen LogP contribution in [-0.2, 0) is 4.79 Å². The largest absolute Gasteiger partial charge is 0.399 e. The number of hydrogen-bond donors (Lipinski definition) is 3. The van der Waals surface area contributed by atoms with E-state index in [4.69, 9.17) is 5.73 Å². The first-order valence-electron chi connectivity index (χ1n) is 11.8. The molecule has 0 atom stereocenters. The van der Waals surface area contributed by atoms with E-state index in [0.29, 0.717) is 17.3 Å². The average molecular weight is 454 g/mol. The number of nitrogens with one attached hydrogen (secondary N) is 2. The summed E-state index contributed by atoms with van der Waals surface area (Å²) in [6.07, 6.45) is 2.35. The van der Waals surface area contributed by atoms with E-state index in [1.54, 1.807) is 6.07 Å². The molecule has 0 bridgehead atoms. The van der Waals surface area contributed by atoms with Crippen molar-refractivity contribution in [2.24, 2.45) is 0 Å². The molecule has 1 amide bonds. The Labute approximate surface area is 201 Å². The Balaban J connectivity index is 1.44. The van der Waals surface area contributed by atoms with E-state index in [9.17, 15) is 4.79 Å². The third-order valence-corrected chi connectivity index (χ3v) is 6.80. The van der Waals surface area contributed by atoms with Crippen LogP contribution < -0.4 is 21.3 Å². The number of carbonyl (C=O) groups excluding carboxylic acids is 1. The van der Waals surface area contributed by atoms with Crippen molar-refractivity contribution in [1.82, 2.24) is 4.90 Å². The minimum Gasteiger partial charge on any atom is -0.399 e. The van der Waals surface area contributed by atoms with Crippen molar-refractivity contribution < 1.29 is 4.79 Å². The first kappa shape index (κ1) is 22.0. The van der Waals surface area contributed by atoms with Crippen LogP contribution >= 0.6 is 0 Å². The maximum Gasteiger partial charge on any atom is 0.258 e. The van der Waals surface area contributed by atoms with Gasteiger partial charge in [0.1, 0.15) is 0 Å². The number of benzene rings is 3. The molecule has 5 rings (SSSR count). The number of fused-ring (bicyclic) bond motifs is 1. The Kier molecular flexibility index (Phi) is 5.99. The summed E-state index contributed by atoms with van der Waals surface area (Å²) in [7, 11) is 4.33. The van der Waals surface area contributed by atoms with Crippen LogP contribution in [0.2, 0.25) is 0 Å². The van der Waals surface area contributed by atoms with Gasteiger partial charge in [0, 0.05) is 41.8 Å². The highest BCUT2D eigenvalue weighted by Gasteiger charge is 2.28. The fourth-order valence-electron chi connectivity index (χ4n) is 4.86. The predicted molar refractivity (Wildman–Crippen MR) is 142 cm³/mol. The summed E-state index contributed by atoms with van der Waals surface area (Å²) in [5.41, 5.74) is 12.7. The number of piperidine rings is 1. The zero-order chi connectivity index (χ0) is 23.7. The molecule has 0 aliphatic carbocycles. The number of nitrogen functional groups attached to an aromatic ring is 1. The van der Waals surface area contributed by atoms with Crippen molar-refractivity contribution >= 4 is 39.9 Å². The van der Waals surface area contributed by atoms with E-state index in [1.165, 1.54) is 18.5 Å². The van der Waals surface area contributed by atoms with Crippen molar-refractivity contribution in [3.63, 3.8) is 0 Å². The molecule has 3 aromatic rings. The van der Waals surface area contributed by atoms with E-state index in [-0.39, 0.29) is 5.91 Å². The lowest BCUT2D eigenvalue weighted by atomic mass is 9.99. The Morgan fingerprint density at radius 3 is 2.38 bits per heavy atom. The Hall–Kier alpha value is -3.77. The van der Waals surface area contributed by atoms with E-state index < -0.39 is 0 Å². The number of anilines is 4. The summed E-state index contributed by atoms with van der Waals surface area (Å²) in [6.45, 7) is 2.13. The lowest BCUT2D eigenvalue weighted by Gasteiger charge is -2.36. The highest BCUT2D eigenvalue weighted by molar-refractivity contribution is 6.37. The second-order valence-corrected chi connectivity index (χ2v) is 9.23. The molecule has 0 unspecified atom stereocenters. The Morgan fingerprint density at radius 1 is 1.00 bits per heavy atom. The maximum absolute atomic E-state index is 13.0. The zero-order valence-corrected chi connectivity index (χ0v) is 19.7. The van der Waals surface area contributed by atoms with Gasteiger partial charge in [-0.2, -0.15) is 0 Å². The van der Waals surface area contributed by atoms with Crippen LogP contribution in [0.5, 0.6) is 0 Å². The molecule has 2 aliphatic heterocycles. The number of amides is 1. The predicted octanol–water partition coefficient (Wildman–Crippen LogP) is 4.73. The number of nitrogens with zero attached hydrogens (tertiary/aromatic N) is 2. The summed E-state index contributed by atoms with van der Waals surface area (Å²) < 4.78 is 0. The summed E-state index contributed by atoms with van der Waals surface area (Å²) in [5, 5.41) is 6.50. The Bertz CT molecular complexity index is 1210. The highest BCUT2D eigenvalue weighted by Crippen LogP contribution is 2.38. The molecule has 1 fully saturated rings. The van der Waals surface area contributed by atoms with Gasteiger partial charge in [-0.1, -0.05) is 30.3 Å². The molecular formula is C28H31N5O. The lowest BCUT2D eigenvalue weighted by molar-refractivity contribution is -0.110. The van der Waals surface area contributed by atoms with E-state index >= 15 is 0 Å². The van der Waals surface area contributed by atoms with Gasteiger partial charge in [0.25, 0.3) is 5.91 Å². The lowest BCUT2D eigenvalue weighted by Crippen LogP contribution is -2.41. The molecule has 2 heterocycles. The monoisotopic (exact) mass is 453 g/mol. The van der Waals surface area contributed by atoms with Crippen molar-refractivity contribution in [2.75, 3.05) is 48.5 Å². The number of carbonyl (C=O) groups is 1. The molecule has 0 radical (unpaired) electrons. The molecule has 174 valence electrons. The standard InChI is InChI=1S/C28H31N5O/c1-32(2)22-14-16-33(17-15-22)23-11-9-21(10-12-23)30-27(19-6-4-3-5-7-19)26-24-13-8-20(29)18-25(24)31-28(26)34/h3-13,18,22,30H,14-17,29H2,1-2H3,(H,31,34)/b27-26-. The van der Waals surface area contributed by atoms with Gasteiger partial charge in [0.2, 0.25) is 0 Å². The van der Waals surface area contributed by atoms with E-state index in [2.05, 4.69) is 58.8 Å². The van der Waals surface area contributed by atoms with Gasteiger partial charge in [-0.05, 0) is 75.0 Å². The van der Waals surface area contributed by atoms with Gasteiger partial charge in [-0.25, -0.2) is 0 Å². The summed E-state index contributed by atoms with van der Waals surface area (Å²) in [6, 6.07) is 24.7. The molecule has 6 heteroatoms. The molecule has 34 heavy (non-hydrogen) atoms. The first-order valence-corrected chi connectivity index (χ1v) is 11.8. The third-order valence-electron chi connectivity index (χ3n) is 6.80. The first-order chi connectivity index (χ1) is 16.5. The number of nitrogens with two attached hydrogens (primary N) is 1. The Morgan fingerprint density at radius 2 is 1.71 bits per heavy atom. The van der Waals surface area contributed by atoms with Crippen LogP contribution in [-0.4, -0.2) is 44.0 Å². The van der Waals surface area contributed by atoms with E-state index in [0.717, 1.165) is 41.3 Å². The normalized spacial score (nSPS) is 17.5. The van der Waals surface area contributed by atoms with Crippen molar-refractivity contribution in [1.29, 1.82) is 0 Å². The minimum absolute atomic E-state index is 0.132. The molecule has 2 aliphatic rings. The maximum atomic E-state index is 13.0. The summed E-state index contributed by atoms with van der Waals surface area (Å²) in [4.78, 5) is 17.8. The van der Waals surface area contributed by atoms with E-state index in [1.807, 2.05) is 42.5 Å². The summed E-state index contributed by atoms with van der Waals surface area (Å²) in [5.74, 6) is -0.132. The van der Waals surface area contributed by atoms with Gasteiger partial charge >= 0.3 is 0 Å². The molecule has 0 aromatic heterocycles. The van der Waals surface area contributed by atoms with Crippen molar-refractivity contribution in [3.8, 4) is 0 Å².